The second-order valence-corrected chi connectivity index (χ2v) is 3.16. The highest BCUT2D eigenvalue weighted by atomic mass is 19.4. The fourth-order valence-electron chi connectivity index (χ4n) is 1.25. The number of alkyl halides is 5. The van der Waals surface area contributed by atoms with Gasteiger partial charge in [0, 0.05) is 18.8 Å². The van der Waals surface area contributed by atoms with Crippen LogP contribution in [-0.2, 0) is 12.1 Å². The van der Waals surface area contributed by atoms with Crippen molar-refractivity contribution in [3.63, 3.8) is 0 Å². The molecule has 0 amide bonds. The van der Waals surface area contributed by atoms with Gasteiger partial charge in [-0.3, -0.25) is 4.98 Å². The molecule has 2 nitrogen and oxygen atoms in total. The fourth-order valence-corrected chi connectivity index (χ4v) is 1.25. The molecule has 2 N–H and O–H groups in total. The first kappa shape index (κ1) is 12.8. The average molecular weight is 240 g/mol. The van der Waals surface area contributed by atoms with Gasteiger partial charge in [0.15, 0.2) is 0 Å². The molecule has 0 aliphatic carbocycles. The van der Waals surface area contributed by atoms with Crippen LogP contribution in [0.1, 0.15) is 17.5 Å². The summed E-state index contributed by atoms with van der Waals surface area (Å²) in [5.74, 6) is -3.62. The molecule has 1 heterocycles. The number of nitrogens with zero attached hydrogens (tertiary/aromatic N) is 1. The van der Waals surface area contributed by atoms with Gasteiger partial charge in [-0.2, -0.15) is 13.2 Å². The lowest BCUT2D eigenvalue weighted by Gasteiger charge is -2.20. The highest BCUT2D eigenvalue weighted by Crippen LogP contribution is 2.40. The Morgan fingerprint density at radius 1 is 1.12 bits per heavy atom. The van der Waals surface area contributed by atoms with Crippen molar-refractivity contribution < 1.29 is 22.0 Å². The van der Waals surface area contributed by atoms with E-state index >= 15 is 0 Å². The second kappa shape index (κ2) is 4.32. The summed E-state index contributed by atoms with van der Waals surface area (Å²) in [6, 6.07) is 0.528. The molecule has 0 atom stereocenters. The quantitative estimate of drug-likeness (QED) is 0.824. The van der Waals surface area contributed by atoms with Gasteiger partial charge in [-0.15, -0.1) is 0 Å². The number of nitrogens with two attached hydrogens (primary N) is 1. The van der Waals surface area contributed by atoms with Gasteiger partial charge in [0.1, 0.15) is 0 Å². The predicted molar refractivity (Wildman–Crippen MR) is 46.8 cm³/mol. The minimum atomic E-state index is -4.82. The van der Waals surface area contributed by atoms with E-state index in [9.17, 15) is 22.0 Å². The van der Waals surface area contributed by atoms with Crippen molar-refractivity contribution in [2.45, 2.75) is 18.5 Å². The Labute approximate surface area is 88.3 Å². The van der Waals surface area contributed by atoms with Crippen LogP contribution in [-0.4, -0.2) is 11.5 Å². The van der Waals surface area contributed by atoms with Gasteiger partial charge < -0.3 is 5.73 Å². The second-order valence-electron chi connectivity index (χ2n) is 3.16. The number of hydrogen-bond acceptors (Lipinski definition) is 2. The molecule has 0 spiro atoms. The lowest BCUT2D eigenvalue weighted by Crippen LogP contribution is -2.23. The molecule has 0 saturated heterocycles. The third-order valence-corrected chi connectivity index (χ3v) is 1.98. The molecule has 0 fully saturated rings. The van der Waals surface area contributed by atoms with E-state index < -0.39 is 36.2 Å². The first-order valence-electron chi connectivity index (χ1n) is 4.38. The van der Waals surface area contributed by atoms with Gasteiger partial charge in [0.2, 0.25) is 0 Å². The Hall–Kier alpha value is -1.24. The summed E-state index contributed by atoms with van der Waals surface area (Å²) in [4.78, 5) is 3.29. The maximum atomic E-state index is 13.3. The topological polar surface area (TPSA) is 38.9 Å². The van der Waals surface area contributed by atoms with Crippen molar-refractivity contribution >= 4 is 0 Å². The zero-order valence-electron chi connectivity index (χ0n) is 8.06. The van der Waals surface area contributed by atoms with Gasteiger partial charge in [0.05, 0.1) is 11.1 Å². The Kier molecular flexibility index (Phi) is 3.47. The molecule has 0 aromatic carbocycles. The lowest BCUT2D eigenvalue weighted by atomic mass is 10.0. The van der Waals surface area contributed by atoms with Crippen molar-refractivity contribution in [3.05, 3.63) is 29.6 Å². The van der Waals surface area contributed by atoms with E-state index in [1.54, 1.807) is 0 Å². The molecule has 0 aliphatic rings. The van der Waals surface area contributed by atoms with E-state index in [-0.39, 0.29) is 0 Å². The van der Waals surface area contributed by atoms with Crippen LogP contribution in [0.15, 0.2) is 18.5 Å². The Balaban J connectivity index is 3.23. The van der Waals surface area contributed by atoms with E-state index in [2.05, 4.69) is 4.98 Å². The summed E-state index contributed by atoms with van der Waals surface area (Å²) in [5, 5.41) is 0. The van der Waals surface area contributed by atoms with Gasteiger partial charge in [-0.05, 0) is 12.6 Å². The Morgan fingerprint density at radius 3 is 2.25 bits per heavy atom. The highest BCUT2D eigenvalue weighted by Gasteiger charge is 2.42. The van der Waals surface area contributed by atoms with Crippen LogP contribution in [0.2, 0.25) is 0 Å². The smallest absolute Gasteiger partial charge is 0.330 e. The molecule has 7 heteroatoms. The SMILES string of the molecule is NCCC(F)(F)c1cnccc1C(F)(F)F. The fraction of sp³-hybridized carbons (Fsp3) is 0.444. The van der Waals surface area contributed by atoms with Gasteiger partial charge in [-0.25, -0.2) is 8.78 Å². The first-order valence-corrected chi connectivity index (χ1v) is 4.38. The van der Waals surface area contributed by atoms with Gasteiger partial charge in [0.25, 0.3) is 5.92 Å². The van der Waals surface area contributed by atoms with Crippen molar-refractivity contribution in [3.8, 4) is 0 Å². The maximum absolute atomic E-state index is 13.3. The molecule has 1 aromatic rings. The van der Waals surface area contributed by atoms with Crippen LogP contribution in [0.3, 0.4) is 0 Å². The van der Waals surface area contributed by atoms with Crippen molar-refractivity contribution in [2.75, 3.05) is 6.54 Å². The zero-order chi connectivity index (χ0) is 12.4. The highest BCUT2D eigenvalue weighted by molar-refractivity contribution is 5.30. The Morgan fingerprint density at radius 2 is 1.75 bits per heavy atom. The molecule has 0 unspecified atom stereocenters. The van der Waals surface area contributed by atoms with Crippen LogP contribution in [0.25, 0.3) is 0 Å². The molecule has 0 bridgehead atoms. The maximum Gasteiger partial charge on any atom is 0.417 e. The largest absolute Gasteiger partial charge is 0.417 e. The van der Waals surface area contributed by atoms with Gasteiger partial charge >= 0.3 is 6.18 Å². The molecular weight excluding hydrogens is 231 g/mol. The van der Waals surface area contributed by atoms with Crippen LogP contribution in [0.4, 0.5) is 22.0 Å². The summed E-state index contributed by atoms with van der Waals surface area (Å²) in [5.41, 5.74) is 2.42. The van der Waals surface area contributed by atoms with E-state index in [4.69, 9.17) is 5.73 Å². The normalized spacial score (nSPS) is 12.9. The summed E-state index contributed by atoms with van der Waals surface area (Å²) < 4.78 is 63.9. The minimum Gasteiger partial charge on any atom is -0.330 e. The van der Waals surface area contributed by atoms with E-state index in [0.29, 0.717) is 12.3 Å². The number of aromatic nitrogens is 1. The third kappa shape index (κ3) is 2.66. The summed E-state index contributed by atoms with van der Waals surface area (Å²) in [6.07, 6.45) is -4.32. The van der Waals surface area contributed by atoms with Crippen molar-refractivity contribution in [2.24, 2.45) is 5.73 Å². The lowest BCUT2D eigenvalue weighted by molar-refractivity contribution is -0.142. The zero-order valence-corrected chi connectivity index (χ0v) is 8.06. The van der Waals surface area contributed by atoms with Crippen LogP contribution in [0, 0.1) is 0 Å². The summed E-state index contributed by atoms with van der Waals surface area (Å²) in [6.45, 7) is -0.404. The monoisotopic (exact) mass is 240 g/mol. The summed E-state index contributed by atoms with van der Waals surface area (Å²) in [7, 11) is 0. The van der Waals surface area contributed by atoms with E-state index in [1.165, 1.54) is 0 Å². The molecule has 1 rings (SSSR count). The Bertz CT molecular complexity index is 361. The summed E-state index contributed by atoms with van der Waals surface area (Å²) >= 11 is 0. The van der Waals surface area contributed by atoms with Crippen LogP contribution >= 0.6 is 0 Å². The molecule has 0 aliphatic heterocycles. The molecule has 1 aromatic heterocycles. The minimum absolute atomic E-state index is 0.404. The molecular formula is C9H9F5N2. The van der Waals surface area contributed by atoms with E-state index in [1.807, 2.05) is 0 Å². The predicted octanol–water partition coefficient (Wildman–Crippen LogP) is 2.54. The van der Waals surface area contributed by atoms with Crippen LogP contribution < -0.4 is 5.73 Å². The number of halogens is 5. The number of pyridine rings is 1. The standard InChI is InChI=1S/C9H9F5N2/c10-8(11,2-3-15)7-5-16-4-1-6(7)9(12,13)14/h1,4-5H,2-3,15H2. The number of rotatable bonds is 3. The van der Waals surface area contributed by atoms with Crippen molar-refractivity contribution in [1.29, 1.82) is 0 Å². The van der Waals surface area contributed by atoms with Crippen molar-refractivity contribution in [1.82, 2.24) is 4.98 Å². The first-order chi connectivity index (χ1) is 7.29. The average Bonchev–Trinajstić information content (AvgIpc) is 2.16. The molecule has 90 valence electrons. The van der Waals surface area contributed by atoms with Crippen LogP contribution in [0.5, 0.6) is 0 Å². The molecule has 0 radical (unpaired) electrons. The van der Waals surface area contributed by atoms with Gasteiger partial charge in [-0.1, -0.05) is 0 Å². The number of hydrogen-bond donors (Lipinski definition) is 1. The third-order valence-electron chi connectivity index (χ3n) is 1.98. The molecule has 16 heavy (non-hydrogen) atoms. The molecule has 0 saturated carbocycles. The van der Waals surface area contributed by atoms with E-state index in [0.717, 1.165) is 6.20 Å².